The van der Waals surface area contributed by atoms with E-state index in [4.69, 9.17) is 10.5 Å². The van der Waals surface area contributed by atoms with Crippen LogP contribution in [0.3, 0.4) is 0 Å². The molecule has 3 nitrogen and oxygen atoms in total. The summed E-state index contributed by atoms with van der Waals surface area (Å²) in [5, 5.41) is 0. The molecule has 0 amide bonds. The third-order valence-corrected chi connectivity index (χ3v) is 3.18. The minimum absolute atomic E-state index is 0.0422. The topological polar surface area (TPSA) is 48.1 Å². The summed E-state index contributed by atoms with van der Waals surface area (Å²) in [6.45, 7) is 2.06. The highest BCUT2D eigenvalue weighted by atomic mass is 16.5. The number of rotatable bonds is 4. The van der Waals surface area contributed by atoms with Gasteiger partial charge in [-0.15, -0.1) is 0 Å². The first-order valence-electron chi connectivity index (χ1n) is 6.17. The van der Waals surface area contributed by atoms with Crippen LogP contribution in [-0.4, -0.2) is 11.1 Å². The van der Waals surface area contributed by atoms with Gasteiger partial charge in [0.25, 0.3) is 0 Å². The second-order valence-electron chi connectivity index (χ2n) is 4.46. The lowest BCUT2D eigenvalue weighted by atomic mass is 10.1. The van der Waals surface area contributed by atoms with E-state index in [2.05, 4.69) is 11.9 Å². The second-order valence-corrected chi connectivity index (χ2v) is 4.46. The van der Waals surface area contributed by atoms with Crippen molar-refractivity contribution in [3.05, 3.63) is 24.0 Å². The van der Waals surface area contributed by atoms with Crippen molar-refractivity contribution in [2.75, 3.05) is 0 Å². The van der Waals surface area contributed by atoms with Gasteiger partial charge in [-0.1, -0.05) is 6.92 Å². The van der Waals surface area contributed by atoms with Gasteiger partial charge in [0.2, 0.25) is 0 Å². The monoisotopic (exact) mass is 220 g/mol. The Bertz CT molecular complexity index is 317. The Morgan fingerprint density at radius 3 is 2.75 bits per heavy atom. The zero-order valence-corrected chi connectivity index (χ0v) is 9.86. The van der Waals surface area contributed by atoms with Crippen molar-refractivity contribution in [2.24, 2.45) is 5.73 Å². The van der Waals surface area contributed by atoms with Gasteiger partial charge in [-0.25, -0.2) is 0 Å². The van der Waals surface area contributed by atoms with E-state index in [1.165, 1.54) is 25.7 Å². The Morgan fingerprint density at radius 2 is 2.19 bits per heavy atom. The highest BCUT2D eigenvalue weighted by Gasteiger charge is 2.16. The first-order valence-corrected chi connectivity index (χ1v) is 6.17. The molecule has 3 heteroatoms. The lowest BCUT2D eigenvalue weighted by molar-refractivity contribution is 0.209. The molecule has 2 rings (SSSR count). The molecule has 2 N–H and O–H groups in total. The molecular weight excluding hydrogens is 200 g/mol. The number of hydrogen-bond acceptors (Lipinski definition) is 3. The van der Waals surface area contributed by atoms with Gasteiger partial charge >= 0.3 is 0 Å². The Kier molecular flexibility index (Phi) is 3.78. The molecule has 0 aromatic carbocycles. The van der Waals surface area contributed by atoms with E-state index in [1.807, 2.05) is 12.1 Å². The summed E-state index contributed by atoms with van der Waals surface area (Å²) in [6, 6.07) is 4.00. The molecule has 1 atom stereocenters. The number of nitrogens with two attached hydrogens (primary N) is 1. The highest BCUT2D eigenvalue weighted by molar-refractivity contribution is 5.21. The molecule has 88 valence electrons. The van der Waals surface area contributed by atoms with E-state index in [0.29, 0.717) is 6.10 Å². The molecule has 1 heterocycles. The summed E-state index contributed by atoms with van der Waals surface area (Å²) < 4.78 is 5.84. The lowest BCUT2D eigenvalue weighted by Crippen LogP contribution is -2.13. The molecule has 0 spiro atoms. The summed E-state index contributed by atoms with van der Waals surface area (Å²) in [6.07, 6.45) is 8.03. The van der Waals surface area contributed by atoms with Crippen LogP contribution in [0.5, 0.6) is 5.75 Å². The molecule has 1 aliphatic carbocycles. The summed E-state index contributed by atoms with van der Waals surface area (Å²) in [4.78, 5) is 4.34. The Morgan fingerprint density at radius 1 is 1.44 bits per heavy atom. The second kappa shape index (κ2) is 5.30. The molecule has 0 radical (unpaired) electrons. The summed E-state index contributed by atoms with van der Waals surface area (Å²) >= 11 is 0. The van der Waals surface area contributed by atoms with Crippen molar-refractivity contribution < 1.29 is 4.74 Å². The van der Waals surface area contributed by atoms with E-state index in [1.54, 1.807) is 6.20 Å². The fraction of sp³-hybridized carbons (Fsp3) is 0.615. The van der Waals surface area contributed by atoms with Gasteiger partial charge in [0.1, 0.15) is 5.75 Å². The van der Waals surface area contributed by atoms with E-state index < -0.39 is 0 Å². The minimum Gasteiger partial charge on any atom is -0.489 e. The first-order chi connectivity index (χ1) is 7.79. The third kappa shape index (κ3) is 2.73. The predicted octanol–water partition coefficient (Wildman–Crippen LogP) is 2.81. The van der Waals surface area contributed by atoms with Crippen molar-refractivity contribution in [1.29, 1.82) is 0 Å². The number of pyridine rings is 1. The maximum absolute atomic E-state index is 5.90. The van der Waals surface area contributed by atoms with Gasteiger partial charge < -0.3 is 10.5 Å². The number of aromatic nitrogens is 1. The molecule has 0 saturated heterocycles. The van der Waals surface area contributed by atoms with Crippen LogP contribution in [0, 0.1) is 0 Å². The van der Waals surface area contributed by atoms with Crippen molar-refractivity contribution in [2.45, 2.75) is 51.2 Å². The first kappa shape index (κ1) is 11.4. The van der Waals surface area contributed by atoms with E-state index in [-0.39, 0.29) is 6.04 Å². The zero-order valence-electron chi connectivity index (χ0n) is 9.86. The molecule has 1 aromatic heterocycles. The fourth-order valence-electron chi connectivity index (χ4n) is 2.09. The van der Waals surface area contributed by atoms with Gasteiger partial charge in [-0.05, 0) is 44.2 Å². The summed E-state index contributed by atoms with van der Waals surface area (Å²) in [5.74, 6) is 0.874. The molecular formula is C13H20N2O. The molecule has 1 aromatic rings. The van der Waals surface area contributed by atoms with Gasteiger partial charge in [-0.2, -0.15) is 0 Å². The lowest BCUT2D eigenvalue weighted by Gasteiger charge is -2.13. The maximum Gasteiger partial charge on any atom is 0.138 e. The van der Waals surface area contributed by atoms with Crippen LogP contribution >= 0.6 is 0 Å². The van der Waals surface area contributed by atoms with Crippen LogP contribution in [0.15, 0.2) is 18.3 Å². The predicted molar refractivity (Wildman–Crippen MR) is 64.3 cm³/mol. The van der Waals surface area contributed by atoms with E-state index in [0.717, 1.165) is 17.9 Å². The summed E-state index contributed by atoms with van der Waals surface area (Å²) in [7, 11) is 0. The average molecular weight is 220 g/mol. The quantitative estimate of drug-likeness (QED) is 0.848. The number of hydrogen-bond donors (Lipinski definition) is 1. The zero-order chi connectivity index (χ0) is 11.4. The van der Waals surface area contributed by atoms with Crippen LogP contribution in [0.1, 0.15) is 50.8 Å². The van der Waals surface area contributed by atoms with Crippen molar-refractivity contribution in [1.82, 2.24) is 4.98 Å². The number of nitrogens with zero attached hydrogens (tertiary/aromatic N) is 1. The van der Waals surface area contributed by atoms with Crippen molar-refractivity contribution >= 4 is 0 Å². The van der Waals surface area contributed by atoms with Gasteiger partial charge in [0.05, 0.1) is 18.0 Å². The Hall–Kier alpha value is -1.09. The Balaban J connectivity index is 1.96. The van der Waals surface area contributed by atoms with Crippen LogP contribution in [0.2, 0.25) is 0 Å². The van der Waals surface area contributed by atoms with E-state index >= 15 is 0 Å². The third-order valence-electron chi connectivity index (χ3n) is 3.18. The van der Waals surface area contributed by atoms with Gasteiger partial charge in [-0.3, -0.25) is 4.98 Å². The van der Waals surface area contributed by atoms with Gasteiger partial charge in [0, 0.05) is 6.04 Å². The van der Waals surface area contributed by atoms with Crippen molar-refractivity contribution in [3.8, 4) is 5.75 Å². The highest BCUT2D eigenvalue weighted by Crippen LogP contribution is 2.24. The molecule has 16 heavy (non-hydrogen) atoms. The molecule has 1 aliphatic rings. The van der Waals surface area contributed by atoms with E-state index in [9.17, 15) is 0 Å². The maximum atomic E-state index is 5.90. The van der Waals surface area contributed by atoms with Crippen LogP contribution < -0.4 is 10.5 Å². The molecule has 1 fully saturated rings. The normalized spacial score (nSPS) is 18.6. The van der Waals surface area contributed by atoms with Crippen LogP contribution in [0.4, 0.5) is 0 Å². The smallest absolute Gasteiger partial charge is 0.138 e. The molecule has 1 saturated carbocycles. The molecule has 0 unspecified atom stereocenters. The van der Waals surface area contributed by atoms with Crippen LogP contribution in [-0.2, 0) is 0 Å². The Labute approximate surface area is 97.0 Å². The van der Waals surface area contributed by atoms with Crippen LogP contribution in [0.25, 0.3) is 0 Å². The standard InChI is InChI=1S/C13H20N2O/c1-2-12(14)13-8-7-11(9-15-13)16-10-5-3-4-6-10/h7-10,12H,2-6,14H2,1H3/t12-/m0/s1. The minimum atomic E-state index is 0.0422. The van der Waals surface area contributed by atoms with Gasteiger partial charge in [0.15, 0.2) is 0 Å². The van der Waals surface area contributed by atoms with Crippen molar-refractivity contribution in [3.63, 3.8) is 0 Å². The molecule has 0 bridgehead atoms. The summed E-state index contributed by atoms with van der Waals surface area (Å²) in [5.41, 5.74) is 6.85. The fourth-order valence-corrected chi connectivity index (χ4v) is 2.09. The largest absolute Gasteiger partial charge is 0.489 e. The average Bonchev–Trinajstić information content (AvgIpc) is 2.82. The molecule has 0 aliphatic heterocycles. The number of ether oxygens (including phenoxy) is 1. The SMILES string of the molecule is CC[C@H](N)c1ccc(OC2CCCC2)cn1.